The summed E-state index contributed by atoms with van der Waals surface area (Å²) >= 11 is 0. The summed E-state index contributed by atoms with van der Waals surface area (Å²) < 4.78 is 0. The van der Waals surface area contributed by atoms with Crippen LogP contribution in [-0.4, -0.2) is 18.2 Å². The Morgan fingerprint density at radius 3 is 2.38 bits per heavy atom. The Bertz CT molecular complexity index is 341. The zero-order valence-corrected chi connectivity index (χ0v) is 10.1. The summed E-state index contributed by atoms with van der Waals surface area (Å²) in [6.45, 7) is 4.64. The van der Waals surface area contributed by atoms with E-state index in [-0.39, 0.29) is 6.61 Å². The number of rotatable bonds is 2. The van der Waals surface area contributed by atoms with Crippen molar-refractivity contribution in [2.24, 2.45) is 0 Å². The lowest BCUT2D eigenvalue weighted by Gasteiger charge is -2.24. The van der Waals surface area contributed by atoms with Gasteiger partial charge in [-0.2, -0.15) is 0 Å². The van der Waals surface area contributed by atoms with Crippen LogP contribution in [0.1, 0.15) is 36.8 Å². The van der Waals surface area contributed by atoms with Crippen molar-refractivity contribution in [1.29, 1.82) is 0 Å². The van der Waals surface area contributed by atoms with Crippen molar-refractivity contribution < 1.29 is 5.11 Å². The van der Waals surface area contributed by atoms with E-state index < -0.39 is 0 Å². The number of nitrogens with zero attached hydrogens (tertiary/aromatic N) is 1. The van der Waals surface area contributed by atoms with Gasteiger partial charge in [-0.25, -0.2) is 0 Å². The van der Waals surface area contributed by atoms with Crippen molar-refractivity contribution in [2.75, 3.05) is 18.0 Å². The standard InChI is InChI=1S/C14H21NO/c1-12-10-13(11-16)6-7-14(12)15-8-4-2-3-5-9-15/h6-7,10,16H,2-5,8-9,11H2,1H3. The normalized spacial score (nSPS) is 17.2. The molecule has 0 atom stereocenters. The van der Waals surface area contributed by atoms with E-state index in [1.165, 1.54) is 50.0 Å². The van der Waals surface area contributed by atoms with Crippen LogP contribution in [0.4, 0.5) is 5.69 Å². The smallest absolute Gasteiger partial charge is 0.0681 e. The molecule has 0 bridgehead atoms. The van der Waals surface area contributed by atoms with E-state index in [9.17, 15) is 0 Å². The maximum absolute atomic E-state index is 9.09. The average molecular weight is 219 g/mol. The minimum atomic E-state index is 0.140. The molecule has 1 heterocycles. The lowest BCUT2D eigenvalue weighted by molar-refractivity contribution is 0.282. The molecule has 1 saturated heterocycles. The molecule has 1 aliphatic heterocycles. The predicted molar refractivity (Wildman–Crippen MR) is 67.8 cm³/mol. The van der Waals surface area contributed by atoms with Crippen LogP contribution in [0.25, 0.3) is 0 Å². The van der Waals surface area contributed by atoms with E-state index in [0.29, 0.717) is 0 Å². The molecule has 0 spiro atoms. The van der Waals surface area contributed by atoms with Crippen molar-refractivity contribution in [3.05, 3.63) is 29.3 Å². The number of aliphatic hydroxyl groups is 1. The third kappa shape index (κ3) is 2.56. The summed E-state index contributed by atoms with van der Waals surface area (Å²) in [6.07, 6.45) is 5.34. The fourth-order valence-corrected chi connectivity index (χ4v) is 2.48. The molecule has 2 heteroatoms. The molecule has 88 valence electrons. The first-order valence-electron chi connectivity index (χ1n) is 6.26. The molecule has 1 N–H and O–H groups in total. The molecule has 1 fully saturated rings. The van der Waals surface area contributed by atoms with Crippen molar-refractivity contribution in [1.82, 2.24) is 0 Å². The fraction of sp³-hybridized carbons (Fsp3) is 0.571. The van der Waals surface area contributed by atoms with Gasteiger partial charge in [-0.15, -0.1) is 0 Å². The molecule has 0 aromatic heterocycles. The second kappa shape index (κ2) is 5.35. The quantitative estimate of drug-likeness (QED) is 0.826. The highest BCUT2D eigenvalue weighted by Crippen LogP contribution is 2.24. The van der Waals surface area contributed by atoms with Gasteiger partial charge in [0, 0.05) is 18.8 Å². The van der Waals surface area contributed by atoms with Crippen molar-refractivity contribution in [2.45, 2.75) is 39.2 Å². The molecule has 16 heavy (non-hydrogen) atoms. The van der Waals surface area contributed by atoms with E-state index in [1.807, 2.05) is 6.07 Å². The highest BCUT2D eigenvalue weighted by Gasteiger charge is 2.11. The Morgan fingerprint density at radius 1 is 1.12 bits per heavy atom. The van der Waals surface area contributed by atoms with Crippen molar-refractivity contribution in [3.8, 4) is 0 Å². The predicted octanol–water partition coefficient (Wildman–Crippen LogP) is 2.87. The van der Waals surface area contributed by atoms with Crippen LogP contribution in [0.15, 0.2) is 18.2 Å². The van der Waals surface area contributed by atoms with Crippen LogP contribution < -0.4 is 4.90 Å². The monoisotopic (exact) mass is 219 g/mol. The number of hydrogen-bond acceptors (Lipinski definition) is 2. The van der Waals surface area contributed by atoms with Gasteiger partial charge in [-0.3, -0.25) is 0 Å². The first kappa shape index (κ1) is 11.5. The van der Waals surface area contributed by atoms with Crippen molar-refractivity contribution in [3.63, 3.8) is 0 Å². The second-order valence-electron chi connectivity index (χ2n) is 4.68. The summed E-state index contributed by atoms with van der Waals surface area (Å²) in [5, 5.41) is 9.09. The summed E-state index contributed by atoms with van der Waals surface area (Å²) in [4.78, 5) is 2.49. The number of anilines is 1. The maximum Gasteiger partial charge on any atom is 0.0681 e. The molecule has 2 nitrogen and oxygen atoms in total. The van der Waals surface area contributed by atoms with Gasteiger partial charge in [-0.1, -0.05) is 25.0 Å². The van der Waals surface area contributed by atoms with Gasteiger partial charge in [-0.05, 0) is 37.0 Å². The van der Waals surface area contributed by atoms with Crippen LogP contribution in [0, 0.1) is 6.92 Å². The van der Waals surface area contributed by atoms with Crippen molar-refractivity contribution >= 4 is 5.69 Å². The average Bonchev–Trinajstić information content (AvgIpc) is 2.57. The van der Waals surface area contributed by atoms with Crippen LogP contribution in [0.5, 0.6) is 0 Å². The summed E-state index contributed by atoms with van der Waals surface area (Å²) in [5.41, 5.74) is 3.64. The van der Waals surface area contributed by atoms with Gasteiger partial charge in [0.25, 0.3) is 0 Å². The summed E-state index contributed by atoms with van der Waals surface area (Å²) in [5.74, 6) is 0. The molecule has 1 aliphatic rings. The van der Waals surface area contributed by atoms with Crippen LogP contribution in [-0.2, 0) is 6.61 Å². The Balaban J connectivity index is 2.18. The van der Waals surface area contributed by atoms with E-state index >= 15 is 0 Å². The Hall–Kier alpha value is -1.02. The van der Waals surface area contributed by atoms with Gasteiger partial charge in [0.2, 0.25) is 0 Å². The Morgan fingerprint density at radius 2 is 1.81 bits per heavy atom. The van der Waals surface area contributed by atoms with Gasteiger partial charge in [0.1, 0.15) is 0 Å². The van der Waals surface area contributed by atoms with Crippen LogP contribution in [0.2, 0.25) is 0 Å². The summed E-state index contributed by atoms with van der Waals surface area (Å²) in [7, 11) is 0. The van der Waals surface area contributed by atoms with Gasteiger partial charge in [0.15, 0.2) is 0 Å². The largest absolute Gasteiger partial charge is 0.392 e. The van der Waals surface area contributed by atoms with E-state index in [1.54, 1.807) is 0 Å². The number of aliphatic hydroxyl groups excluding tert-OH is 1. The highest BCUT2D eigenvalue weighted by molar-refractivity contribution is 5.54. The number of benzene rings is 1. The molecule has 0 amide bonds. The van der Waals surface area contributed by atoms with Gasteiger partial charge in [0.05, 0.1) is 6.61 Å². The van der Waals surface area contributed by atoms with Gasteiger partial charge >= 0.3 is 0 Å². The minimum Gasteiger partial charge on any atom is -0.392 e. The molecule has 1 aromatic carbocycles. The van der Waals surface area contributed by atoms with E-state index in [0.717, 1.165) is 5.56 Å². The SMILES string of the molecule is Cc1cc(CO)ccc1N1CCCCCC1. The third-order valence-electron chi connectivity index (χ3n) is 3.39. The van der Waals surface area contributed by atoms with E-state index in [2.05, 4.69) is 24.0 Å². The lowest BCUT2D eigenvalue weighted by atomic mass is 10.1. The number of hydrogen-bond donors (Lipinski definition) is 1. The van der Waals surface area contributed by atoms with Crippen LogP contribution >= 0.6 is 0 Å². The molecule has 0 aliphatic carbocycles. The molecule has 0 saturated carbocycles. The molecular formula is C14H21NO. The van der Waals surface area contributed by atoms with Gasteiger partial charge < -0.3 is 10.0 Å². The lowest BCUT2D eigenvalue weighted by Crippen LogP contribution is -2.24. The fourth-order valence-electron chi connectivity index (χ4n) is 2.48. The molecule has 1 aromatic rings. The van der Waals surface area contributed by atoms with Crippen LogP contribution in [0.3, 0.4) is 0 Å². The first-order chi connectivity index (χ1) is 7.81. The number of aryl methyl sites for hydroxylation is 1. The Kier molecular flexibility index (Phi) is 3.83. The molecular weight excluding hydrogens is 198 g/mol. The highest BCUT2D eigenvalue weighted by atomic mass is 16.3. The Labute approximate surface area is 97.9 Å². The zero-order chi connectivity index (χ0) is 11.4. The first-order valence-corrected chi connectivity index (χ1v) is 6.26. The minimum absolute atomic E-state index is 0.140. The summed E-state index contributed by atoms with van der Waals surface area (Å²) in [6, 6.07) is 6.29. The zero-order valence-electron chi connectivity index (χ0n) is 10.1. The molecule has 2 rings (SSSR count). The topological polar surface area (TPSA) is 23.5 Å². The van der Waals surface area contributed by atoms with E-state index in [4.69, 9.17) is 5.11 Å². The molecule has 0 radical (unpaired) electrons. The molecule has 0 unspecified atom stereocenters. The maximum atomic E-state index is 9.09. The third-order valence-corrected chi connectivity index (χ3v) is 3.39. The second-order valence-corrected chi connectivity index (χ2v) is 4.68.